The Hall–Kier alpha value is -1.45. The van der Waals surface area contributed by atoms with Crippen molar-refractivity contribution >= 4 is 21.0 Å². The Labute approximate surface area is 160 Å². The summed E-state index contributed by atoms with van der Waals surface area (Å²) in [6, 6.07) is 6.98. The molecule has 7 nitrogen and oxygen atoms in total. The first-order valence-corrected chi connectivity index (χ1v) is 10.9. The zero-order valence-corrected chi connectivity index (χ0v) is 17.0. The third kappa shape index (κ3) is 3.64. The molecule has 1 fully saturated rings. The minimum Gasteiger partial charge on any atom is -0.748 e. The van der Waals surface area contributed by atoms with Crippen LogP contribution in [0.25, 0.3) is 10.9 Å². The summed E-state index contributed by atoms with van der Waals surface area (Å²) in [4.78, 5) is 1.47. The van der Waals surface area contributed by atoms with E-state index in [1.165, 1.54) is 26.9 Å². The van der Waals surface area contributed by atoms with Gasteiger partial charge in [0.15, 0.2) is 0 Å². The molecule has 0 spiro atoms. The Balaban J connectivity index is 0.000000376. The minimum atomic E-state index is -3.92. The summed E-state index contributed by atoms with van der Waals surface area (Å²) in [6.45, 7) is 1.26. The van der Waals surface area contributed by atoms with Crippen molar-refractivity contribution in [2.45, 2.75) is 24.5 Å². The standard InChI is InChI=1S/C18H24N2O2.CH4O3S/c1-19-10-13-7-16-18(22-3,8-12(11-21)9-20(16)2)14-5-4-6-15(19)17(13)14;1-5(2,3)4/h4-6,10,12,16,21H,7-9,11H2,1-3H3;1H3,(H,2,3,4)/t12-,16-,18+;/m1./s1. The van der Waals surface area contributed by atoms with E-state index in [0.29, 0.717) is 18.2 Å². The Bertz CT molecular complexity index is 931. The van der Waals surface area contributed by atoms with Crippen molar-refractivity contribution in [2.75, 3.05) is 33.6 Å². The molecule has 1 saturated heterocycles. The smallest absolute Gasteiger partial charge is 0.146 e. The van der Waals surface area contributed by atoms with Gasteiger partial charge in [0.25, 0.3) is 0 Å². The number of aliphatic hydroxyl groups excluding tert-OH is 1. The number of piperidine rings is 1. The lowest BCUT2D eigenvalue weighted by molar-refractivity contribution is -0.926. The molecular formula is C19H28N2O5S. The van der Waals surface area contributed by atoms with E-state index in [1.54, 1.807) is 0 Å². The highest BCUT2D eigenvalue weighted by Crippen LogP contribution is 2.46. The number of nitrogens with zero attached hydrogens (tertiary/aromatic N) is 1. The molecule has 1 aliphatic heterocycles. The summed E-state index contributed by atoms with van der Waals surface area (Å²) in [5, 5.41) is 11.1. The van der Waals surface area contributed by atoms with Crippen LogP contribution in [0.3, 0.4) is 0 Å². The minimum absolute atomic E-state index is 0.243. The topological polar surface area (TPSA) is 96.0 Å². The number of fused-ring (bicyclic) bond motifs is 2. The van der Waals surface area contributed by atoms with Gasteiger partial charge in [-0.15, -0.1) is 0 Å². The maximum atomic E-state index is 9.73. The van der Waals surface area contributed by atoms with Crippen molar-refractivity contribution in [3.05, 3.63) is 35.5 Å². The average molecular weight is 397 g/mol. The first kappa shape index (κ1) is 20.3. The Kier molecular flexibility index (Phi) is 5.39. The van der Waals surface area contributed by atoms with Crippen LogP contribution in [-0.4, -0.2) is 62.3 Å². The highest BCUT2D eigenvalue weighted by Gasteiger charge is 2.54. The van der Waals surface area contributed by atoms with E-state index in [9.17, 15) is 5.11 Å². The third-order valence-corrected chi connectivity index (χ3v) is 5.96. The zero-order chi connectivity index (χ0) is 20.0. The fourth-order valence-electron chi connectivity index (χ4n) is 5.01. The fourth-order valence-corrected chi connectivity index (χ4v) is 5.01. The average Bonchev–Trinajstić information content (AvgIpc) is 2.91. The monoisotopic (exact) mass is 396 g/mol. The molecular weight excluding hydrogens is 368 g/mol. The maximum Gasteiger partial charge on any atom is 0.146 e. The Morgan fingerprint density at radius 2 is 2.11 bits per heavy atom. The van der Waals surface area contributed by atoms with Gasteiger partial charge in [-0.3, -0.25) is 0 Å². The number of benzene rings is 1. The van der Waals surface area contributed by atoms with Crippen molar-refractivity contribution in [3.63, 3.8) is 0 Å². The number of methoxy groups -OCH3 is 1. The molecule has 1 aromatic heterocycles. The third-order valence-electron chi connectivity index (χ3n) is 5.96. The van der Waals surface area contributed by atoms with Crippen LogP contribution < -0.4 is 4.90 Å². The number of quaternary nitrogens is 1. The van der Waals surface area contributed by atoms with Gasteiger partial charge in [-0.1, -0.05) is 12.1 Å². The molecule has 1 aromatic carbocycles. The Morgan fingerprint density at radius 3 is 2.70 bits per heavy atom. The van der Waals surface area contributed by atoms with Gasteiger partial charge in [0.05, 0.1) is 30.3 Å². The highest BCUT2D eigenvalue weighted by molar-refractivity contribution is 7.84. The van der Waals surface area contributed by atoms with Gasteiger partial charge in [0.2, 0.25) is 0 Å². The molecule has 2 aromatic rings. The maximum absolute atomic E-state index is 9.73. The number of nitrogens with one attached hydrogen (secondary N) is 1. The number of aromatic nitrogens is 1. The second-order valence-corrected chi connectivity index (χ2v) is 9.23. The lowest BCUT2D eigenvalue weighted by Crippen LogP contribution is -3.17. The van der Waals surface area contributed by atoms with Gasteiger partial charge in [0.1, 0.15) is 11.6 Å². The summed E-state index contributed by atoms with van der Waals surface area (Å²) in [5.41, 5.74) is 3.76. The SMILES string of the molecule is CO[C@]12C[C@@H](CO)C[NH+](C)[C@@H]1Cc1cn(C)c3cccc2c13.CS(=O)(=O)[O-]. The van der Waals surface area contributed by atoms with Gasteiger partial charge >= 0.3 is 0 Å². The molecule has 0 saturated carbocycles. The summed E-state index contributed by atoms with van der Waals surface area (Å²) in [7, 11) is 2.29. The predicted octanol–water partition coefficient (Wildman–Crippen LogP) is -0.367. The molecule has 2 N–H and O–H groups in total. The quantitative estimate of drug-likeness (QED) is 0.676. The van der Waals surface area contributed by atoms with Gasteiger partial charge in [-0.2, -0.15) is 0 Å². The van der Waals surface area contributed by atoms with Gasteiger partial charge in [-0.05, 0) is 23.6 Å². The van der Waals surface area contributed by atoms with Gasteiger partial charge in [0, 0.05) is 49.9 Å². The molecule has 0 amide bonds. The number of likely N-dealkylation sites (N-methyl/N-ethyl adjacent to an activating group) is 1. The largest absolute Gasteiger partial charge is 0.748 e. The van der Waals surface area contributed by atoms with E-state index in [-0.39, 0.29) is 12.2 Å². The van der Waals surface area contributed by atoms with Crippen molar-refractivity contribution in [2.24, 2.45) is 13.0 Å². The van der Waals surface area contributed by atoms with Crippen molar-refractivity contribution in [3.8, 4) is 0 Å². The summed E-state index contributed by atoms with van der Waals surface area (Å²) in [6.07, 6.45) is 4.84. The molecule has 1 aliphatic carbocycles. The van der Waals surface area contributed by atoms with Crippen molar-refractivity contribution < 1.29 is 27.7 Å². The summed E-state index contributed by atoms with van der Waals surface area (Å²) < 4.78 is 35.7. The molecule has 0 bridgehead atoms. The second-order valence-electron chi connectivity index (χ2n) is 7.82. The number of aryl methyl sites for hydroxylation is 1. The van der Waals surface area contributed by atoms with E-state index in [4.69, 9.17) is 17.7 Å². The molecule has 8 heteroatoms. The van der Waals surface area contributed by atoms with E-state index >= 15 is 0 Å². The van der Waals surface area contributed by atoms with Crippen LogP contribution in [-0.2, 0) is 33.9 Å². The molecule has 1 unspecified atom stereocenters. The number of rotatable bonds is 2. The number of aliphatic hydroxyl groups is 1. The normalized spacial score (nSPS) is 29.8. The van der Waals surface area contributed by atoms with Crippen LogP contribution in [0.5, 0.6) is 0 Å². The number of ether oxygens (including phenoxy) is 1. The zero-order valence-electron chi connectivity index (χ0n) is 16.2. The van der Waals surface area contributed by atoms with E-state index in [2.05, 4.69) is 43.1 Å². The van der Waals surface area contributed by atoms with E-state index in [0.717, 1.165) is 19.4 Å². The molecule has 4 atom stereocenters. The highest BCUT2D eigenvalue weighted by atomic mass is 32.2. The van der Waals surface area contributed by atoms with Crippen LogP contribution in [0.1, 0.15) is 17.5 Å². The molecule has 4 rings (SSSR count). The second kappa shape index (κ2) is 7.18. The molecule has 2 aliphatic rings. The molecule has 2 heterocycles. The Morgan fingerprint density at radius 1 is 1.44 bits per heavy atom. The predicted molar refractivity (Wildman–Crippen MR) is 102 cm³/mol. The lowest BCUT2D eigenvalue weighted by atomic mass is 9.69. The first-order chi connectivity index (χ1) is 12.6. The molecule has 27 heavy (non-hydrogen) atoms. The van der Waals surface area contributed by atoms with Crippen LogP contribution >= 0.6 is 0 Å². The first-order valence-electron chi connectivity index (χ1n) is 9.07. The number of likely N-dealkylation sites (tertiary alicyclic amines) is 1. The molecule has 150 valence electrons. The fraction of sp³-hybridized carbons (Fsp3) is 0.579. The van der Waals surface area contributed by atoms with Crippen LogP contribution in [0.15, 0.2) is 24.4 Å². The van der Waals surface area contributed by atoms with Crippen molar-refractivity contribution in [1.29, 1.82) is 0 Å². The van der Waals surface area contributed by atoms with E-state index < -0.39 is 10.1 Å². The van der Waals surface area contributed by atoms with Gasteiger partial charge < -0.3 is 23.9 Å². The van der Waals surface area contributed by atoms with Crippen LogP contribution in [0.2, 0.25) is 0 Å². The van der Waals surface area contributed by atoms with Crippen LogP contribution in [0, 0.1) is 5.92 Å². The number of hydrogen-bond acceptors (Lipinski definition) is 5. The van der Waals surface area contributed by atoms with Crippen molar-refractivity contribution in [1.82, 2.24) is 4.57 Å². The van der Waals surface area contributed by atoms with E-state index in [1.807, 2.05) is 7.11 Å². The molecule has 0 radical (unpaired) electrons. The van der Waals surface area contributed by atoms with Crippen LogP contribution in [0.4, 0.5) is 0 Å². The summed E-state index contributed by atoms with van der Waals surface area (Å²) >= 11 is 0. The van der Waals surface area contributed by atoms with Gasteiger partial charge in [-0.25, -0.2) is 8.42 Å². The number of hydrogen-bond donors (Lipinski definition) is 2. The lowest BCUT2D eigenvalue weighted by Gasteiger charge is -2.50. The summed E-state index contributed by atoms with van der Waals surface area (Å²) in [5.74, 6) is 0.303.